The molecule has 1 N–H and O–H groups in total. The number of anilines is 2. The van der Waals surface area contributed by atoms with Crippen molar-refractivity contribution >= 4 is 22.4 Å². The molecule has 0 aliphatic heterocycles. The number of rotatable bonds is 3. The Morgan fingerprint density at radius 2 is 1.79 bits per heavy atom. The topological polar surface area (TPSA) is 55.6 Å². The number of benzene rings is 2. The molecule has 0 spiro atoms. The molecule has 0 radical (unpaired) electrons. The van der Waals surface area contributed by atoms with E-state index in [9.17, 15) is 13.2 Å². The summed E-state index contributed by atoms with van der Waals surface area (Å²) in [6.07, 6.45) is -1.57. The van der Waals surface area contributed by atoms with Gasteiger partial charge in [0.15, 0.2) is 0 Å². The van der Waals surface area contributed by atoms with Crippen molar-refractivity contribution in [3.05, 3.63) is 66.4 Å². The lowest BCUT2D eigenvalue weighted by Gasteiger charge is -2.13. The molecule has 8 heteroatoms. The zero-order valence-electron chi connectivity index (χ0n) is 15.1. The van der Waals surface area contributed by atoms with Crippen molar-refractivity contribution in [2.75, 3.05) is 5.32 Å². The van der Waals surface area contributed by atoms with E-state index < -0.39 is 11.7 Å². The number of para-hydroxylation sites is 1. The fourth-order valence-corrected chi connectivity index (χ4v) is 3.08. The molecule has 28 heavy (non-hydrogen) atoms. The standard InChI is InChI=1S/C20H16F3N5/c1-12-24-10-17(28(12)2)13-5-3-6-14(9-13)27-19-15-7-4-8-16(20(21,22)23)18(15)25-11-26-19/h3-11H,1-2H3,(H,25,26,27). The minimum atomic E-state index is -4.48. The van der Waals surface area contributed by atoms with Gasteiger partial charge in [-0.3, -0.25) is 0 Å². The molecular weight excluding hydrogens is 367 g/mol. The Kier molecular flexibility index (Phi) is 4.26. The van der Waals surface area contributed by atoms with Gasteiger partial charge in [-0.2, -0.15) is 13.2 Å². The first kappa shape index (κ1) is 18.0. The van der Waals surface area contributed by atoms with Crippen LogP contribution in [0.5, 0.6) is 0 Å². The molecule has 0 amide bonds. The van der Waals surface area contributed by atoms with E-state index in [0.717, 1.165) is 29.5 Å². The molecule has 0 unspecified atom stereocenters. The van der Waals surface area contributed by atoms with Gasteiger partial charge in [0.05, 0.1) is 23.0 Å². The third kappa shape index (κ3) is 3.17. The monoisotopic (exact) mass is 383 g/mol. The highest BCUT2D eigenvalue weighted by molar-refractivity contribution is 5.93. The Morgan fingerprint density at radius 3 is 2.50 bits per heavy atom. The van der Waals surface area contributed by atoms with E-state index in [4.69, 9.17) is 0 Å². The summed E-state index contributed by atoms with van der Waals surface area (Å²) in [5.74, 6) is 1.20. The predicted molar refractivity (Wildman–Crippen MR) is 101 cm³/mol. The van der Waals surface area contributed by atoms with Crippen molar-refractivity contribution in [2.24, 2.45) is 7.05 Å². The highest BCUT2D eigenvalue weighted by Crippen LogP contribution is 2.35. The zero-order chi connectivity index (χ0) is 19.9. The second-order valence-electron chi connectivity index (χ2n) is 6.38. The maximum atomic E-state index is 13.3. The number of aryl methyl sites for hydroxylation is 1. The Balaban J connectivity index is 1.75. The summed E-state index contributed by atoms with van der Waals surface area (Å²) in [6, 6.07) is 11.5. The fourth-order valence-electron chi connectivity index (χ4n) is 3.08. The van der Waals surface area contributed by atoms with Crippen molar-refractivity contribution in [3.63, 3.8) is 0 Å². The summed E-state index contributed by atoms with van der Waals surface area (Å²) in [5.41, 5.74) is 1.66. The van der Waals surface area contributed by atoms with Gasteiger partial charge in [-0.15, -0.1) is 0 Å². The Labute approximate surface area is 158 Å². The molecule has 2 aromatic carbocycles. The number of fused-ring (bicyclic) bond motifs is 1. The van der Waals surface area contributed by atoms with E-state index in [2.05, 4.69) is 20.3 Å². The maximum Gasteiger partial charge on any atom is 0.418 e. The number of halogens is 3. The maximum absolute atomic E-state index is 13.3. The van der Waals surface area contributed by atoms with E-state index in [1.807, 2.05) is 42.8 Å². The average molecular weight is 383 g/mol. The van der Waals surface area contributed by atoms with E-state index in [-0.39, 0.29) is 5.52 Å². The van der Waals surface area contributed by atoms with Gasteiger partial charge >= 0.3 is 6.18 Å². The lowest BCUT2D eigenvalue weighted by atomic mass is 10.1. The number of alkyl halides is 3. The van der Waals surface area contributed by atoms with Crippen LogP contribution in [-0.4, -0.2) is 19.5 Å². The first-order chi connectivity index (χ1) is 13.3. The number of nitrogens with one attached hydrogen (secondary N) is 1. The molecule has 0 aliphatic rings. The summed E-state index contributed by atoms with van der Waals surface area (Å²) >= 11 is 0. The Hall–Kier alpha value is -3.42. The predicted octanol–water partition coefficient (Wildman–Crippen LogP) is 5.10. The normalized spacial score (nSPS) is 11.8. The highest BCUT2D eigenvalue weighted by atomic mass is 19.4. The molecule has 4 aromatic rings. The molecule has 0 saturated carbocycles. The van der Waals surface area contributed by atoms with Crippen LogP contribution in [0.3, 0.4) is 0 Å². The number of nitrogens with zero attached hydrogens (tertiary/aromatic N) is 4. The second-order valence-corrected chi connectivity index (χ2v) is 6.38. The summed E-state index contributed by atoms with van der Waals surface area (Å²) in [4.78, 5) is 12.3. The van der Waals surface area contributed by atoms with Crippen LogP contribution < -0.4 is 5.32 Å². The van der Waals surface area contributed by atoms with Crippen LogP contribution in [0.4, 0.5) is 24.7 Å². The molecule has 142 valence electrons. The number of hydrogen-bond acceptors (Lipinski definition) is 4. The smallest absolute Gasteiger partial charge is 0.340 e. The van der Waals surface area contributed by atoms with Crippen LogP contribution in [-0.2, 0) is 13.2 Å². The molecular formula is C20H16F3N5. The minimum Gasteiger partial charge on any atom is -0.340 e. The molecule has 0 aliphatic carbocycles. The van der Waals surface area contributed by atoms with Crippen LogP contribution in [0.25, 0.3) is 22.2 Å². The van der Waals surface area contributed by atoms with Crippen LogP contribution in [0, 0.1) is 6.92 Å². The van der Waals surface area contributed by atoms with E-state index in [1.54, 1.807) is 12.3 Å². The van der Waals surface area contributed by atoms with Crippen LogP contribution in [0.1, 0.15) is 11.4 Å². The van der Waals surface area contributed by atoms with Crippen molar-refractivity contribution in [3.8, 4) is 11.3 Å². The van der Waals surface area contributed by atoms with Gasteiger partial charge in [-0.1, -0.05) is 18.2 Å². The Morgan fingerprint density at radius 1 is 1.00 bits per heavy atom. The number of imidazole rings is 1. The molecule has 5 nitrogen and oxygen atoms in total. The van der Waals surface area contributed by atoms with Gasteiger partial charge in [-0.25, -0.2) is 15.0 Å². The van der Waals surface area contributed by atoms with Gasteiger partial charge in [0.2, 0.25) is 0 Å². The van der Waals surface area contributed by atoms with Crippen molar-refractivity contribution in [2.45, 2.75) is 13.1 Å². The first-order valence-electron chi connectivity index (χ1n) is 8.51. The van der Waals surface area contributed by atoms with Crippen molar-refractivity contribution in [1.82, 2.24) is 19.5 Å². The summed E-state index contributed by atoms with van der Waals surface area (Å²) in [5, 5.41) is 3.42. The molecule has 0 bridgehead atoms. The molecule has 0 atom stereocenters. The molecule has 2 heterocycles. The number of aromatic nitrogens is 4. The van der Waals surface area contributed by atoms with Gasteiger partial charge in [0, 0.05) is 23.7 Å². The van der Waals surface area contributed by atoms with E-state index in [1.165, 1.54) is 6.07 Å². The van der Waals surface area contributed by atoms with Crippen molar-refractivity contribution in [1.29, 1.82) is 0 Å². The quantitative estimate of drug-likeness (QED) is 0.535. The minimum absolute atomic E-state index is 0.133. The van der Waals surface area contributed by atoms with Crippen LogP contribution in [0.15, 0.2) is 55.0 Å². The third-order valence-corrected chi connectivity index (χ3v) is 4.61. The lowest BCUT2D eigenvalue weighted by molar-refractivity contribution is -0.136. The summed E-state index contributed by atoms with van der Waals surface area (Å²) < 4.78 is 41.8. The largest absolute Gasteiger partial charge is 0.418 e. The molecule has 0 saturated heterocycles. The molecule has 4 rings (SSSR count). The van der Waals surface area contributed by atoms with Crippen LogP contribution >= 0.6 is 0 Å². The van der Waals surface area contributed by atoms with Gasteiger partial charge in [0.25, 0.3) is 0 Å². The summed E-state index contributed by atoms with van der Waals surface area (Å²) in [7, 11) is 1.92. The highest BCUT2D eigenvalue weighted by Gasteiger charge is 2.33. The SMILES string of the molecule is Cc1ncc(-c2cccc(Nc3ncnc4c(C(F)(F)F)cccc34)c2)n1C. The van der Waals surface area contributed by atoms with Crippen molar-refractivity contribution < 1.29 is 13.2 Å². The van der Waals surface area contributed by atoms with Gasteiger partial charge in [0.1, 0.15) is 18.0 Å². The van der Waals surface area contributed by atoms with Gasteiger partial charge < -0.3 is 9.88 Å². The fraction of sp³-hybridized carbons (Fsp3) is 0.150. The number of hydrogen-bond donors (Lipinski definition) is 1. The molecule has 2 aromatic heterocycles. The van der Waals surface area contributed by atoms with Crippen LogP contribution in [0.2, 0.25) is 0 Å². The first-order valence-corrected chi connectivity index (χ1v) is 8.51. The Bertz CT molecular complexity index is 1160. The van der Waals surface area contributed by atoms with Gasteiger partial charge in [-0.05, 0) is 31.2 Å². The second kappa shape index (κ2) is 6.63. The average Bonchev–Trinajstić information content (AvgIpc) is 3.00. The van der Waals surface area contributed by atoms with E-state index in [0.29, 0.717) is 16.9 Å². The third-order valence-electron chi connectivity index (χ3n) is 4.61. The van der Waals surface area contributed by atoms with E-state index >= 15 is 0 Å². The summed E-state index contributed by atoms with van der Waals surface area (Å²) in [6.45, 7) is 1.91. The molecule has 0 fully saturated rings. The lowest BCUT2D eigenvalue weighted by Crippen LogP contribution is -2.07. The zero-order valence-corrected chi connectivity index (χ0v) is 15.1.